The monoisotopic (exact) mass is 670 g/mol. The number of aromatic amines is 2. The van der Waals surface area contributed by atoms with Crippen LogP contribution in [0.5, 0.6) is 0 Å². The van der Waals surface area contributed by atoms with Gasteiger partial charge in [0.15, 0.2) is 0 Å². The summed E-state index contributed by atoms with van der Waals surface area (Å²) >= 11 is 0. The fraction of sp³-hybridized carbons (Fsp3) is 0.429. The van der Waals surface area contributed by atoms with Crippen LogP contribution in [0.1, 0.15) is 104 Å². The van der Waals surface area contributed by atoms with E-state index in [0.29, 0.717) is 24.7 Å². The molecule has 0 saturated carbocycles. The van der Waals surface area contributed by atoms with Gasteiger partial charge >= 0.3 is 0 Å². The molecule has 3 aromatic carbocycles. The Morgan fingerprint density at radius 1 is 0.620 bits per heavy atom. The van der Waals surface area contributed by atoms with Gasteiger partial charge in [0, 0.05) is 48.4 Å². The normalized spacial score (nSPS) is 20.9. The molecular weight excluding hydrogens is 621 g/mol. The van der Waals surface area contributed by atoms with Gasteiger partial charge in [-0.2, -0.15) is 0 Å². The van der Waals surface area contributed by atoms with Crippen LogP contribution in [0, 0.1) is 11.8 Å². The third kappa shape index (κ3) is 6.72. The number of rotatable bonds is 9. The average Bonchev–Trinajstić information content (AvgIpc) is 3.90. The Labute approximate surface area is 295 Å². The van der Waals surface area contributed by atoms with E-state index in [1.807, 2.05) is 22.2 Å². The summed E-state index contributed by atoms with van der Waals surface area (Å²) in [5.41, 5.74) is 6.20. The first-order valence-corrected chi connectivity index (χ1v) is 18.4. The number of likely N-dealkylation sites (tertiary alicyclic amines) is 2. The molecule has 2 saturated heterocycles. The fourth-order valence-electron chi connectivity index (χ4n) is 7.98. The zero-order valence-electron chi connectivity index (χ0n) is 30.2. The molecule has 2 N–H and O–H groups in total. The first-order valence-electron chi connectivity index (χ1n) is 18.4. The molecule has 0 spiro atoms. The Morgan fingerprint density at radius 2 is 1.04 bits per heavy atom. The minimum absolute atomic E-state index is 0.00110. The second kappa shape index (κ2) is 13.9. The lowest BCUT2D eigenvalue weighted by Gasteiger charge is -2.28. The molecule has 8 nitrogen and oxygen atoms in total. The third-order valence-corrected chi connectivity index (χ3v) is 10.6. The maximum atomic E-state index is 13.1. The smallest absolute Gasteiger partial charge is 0.223 e. The van der Waals surface area contributed by atoms with Crippen molar-refractivity contribution in [2.75, 3.05) is 0 Å². The number of amides is 2. The van der Waals surface area contributed by atoms with Crippen molar-refractivity contribution in [3.05, 3.63) is 84.7 Å². The van der Waals surface area contributed by atoms with Crippen LogP contribution in [0.25, 0.3) is 44.4 Å². The Morgan fingerprint density at radius 3 is 1.54 bits per heavy atom. The van der Waals surface area contributed by atoms with Crippen molar-refractivity contribution in [1.29, 1.82) is 0 Å². The second-order valence-corrected chi connectivity index (χ2v) is 15.4. The van der Waals surface area contributed by atoms with Crippen molar-refractivity contribution in [1.82, 2.24) is 29.7 Å². The number of aromatic nitrogens is 4. The number of hydrogen-bond donors (Lipinski definition) is 2. The molecule has 4 heterocycles. The summed E-state index contributed by atoms with van der Waals surface area (Å²) in [6, 6.07) is 22.1. The van der Waals surface area contributed by atoms with E-state index in [-0.39, 0.29) is 36.0 Å². The highest BCUT2D eigenvalue weighted by atomic mass is 16.2. The van der Waals surface area contributed by atoms with Crippen LogP contribution in [0.15, 0.2) is 73.1 Å². The van der Waals surface area contributed by atoms with Crippen LogP contribution in [0.3, 0.4) is 0 Å². The highest BCUT2D eigenvalue weighted by Gasteiger charge is 2.38. The number of carbonyl (C=O) groups excluding carboxylic acids is 2. The number of nitrogens with one attached hydrogen (secondary N) is 2. The van der Waals surface area contributed by atoms with Crippen LogP contribution in [0.2, 0.25) is 0 Å². The van der Waals surface area contributed by atoms with E-state index in [9.17, 15) is 9.59 Å². The van der Waals surface area contributed by atoms with Crippen molar-refractivity contribution < 1.29 is 9.59 Å². The number of nitrogens with zero attached hydrogens (tertiary/aromatic N) is 4. The van der Waals surface area contributed by atoms with Crippen molar-refractivity contribution in [2.45, 2.75) is 104 Å². The highest BCUT2D eigenvalue weighted by molar-refractivity contribution is 5.90. The van der Waals surface area contributed by atoms with Gasteiger partial charge in [0.25, 0.3) is 0 Å². The molecule has 50 heavy (non-hydrogen) atoms. The zero-order chi connectivity index (χ0) is 35.1. The van der Waals surface area contributed by atoms with E-state index in [1.165, 1.54) is 5.39 Å². The SMILES string of the molecule is CC(C)CC(=O)N1[C@H](C)CC[C@H]1c1nc(-c2ccc(-c3ccc4cc(-c5c[nH]c([C@@H]6CC[C@@H](C)N6C(=O)CC(C)C)n5)ccc4c3)cc2)c[nH]1. The summed E-state index contributed by atoms with van der Waals surface area (Å²) in [5.74, 6) is 2.86. The number of H-pyrrole nitrogens is 2. The Hall–Kier alpha value is -4.72. The Kier molecular flexibility index (Phi) is 9.38. The van der Waals surface area contributed by atoms with Crippen molar-refractivity contribution in [3.8, 4) is 33.6 Å². The lowest BCUT2D eigenvalue weighted by molar-refractivity contribution is -0.135. The molecule has 260 valence electrons. The molecule has 2 aliphatic heterocycles. The van der Waals surface area contributed by atoms with E-state index < -0.39 is 0 Å². The Balaban J connectivity index is 1.05. The number of hydrogen-bond acceptors (Lipinski definition) is 4. The molecule has 0 radical (unpaired) electrons. The van der Waals surface area contributed by atoms with Crippen LogP contribution < -0.4 is 0 Å². The molecule has 5 aromatic rings. The molecule has 0 bridgehead atoms. The number of fused-ring (bicyclic) bond motifs is 1. The van der Waals surface area contributed by atoms with E-state index in [0.717, 1.165) is 76.4 Å². The van der Waals surface area contributed by atoms with Gasteiger partial charge in [-0.3, -0.25) is 9.59 Å². The molecular formula is C42H50N6O2. The van der Waals surface area contributed by atoms with E-state index in [4.69, 9.17) is 9.97 Å². The summed E-state index contributed by atoms with van der Waals surface area (Å²) in [6.07, 6.45) is 8.93. The van der Waals surface area contributed by atoms with Crippen LogP contribution in [0.4, 0.5) is 0 Å². The average molecular weight is 671 g/mol. The first kappa shape index (κ1) is 33.8. The molecule has 0 aliphatic carbocycles. The van der Waals surface area contributed by atoms with Gasteiger partial charge in [-0.05, 0) is 85.4 Å². The van der Waals surface area contributed by atoms with Crippen LogP contribution in [-0.2, 0) is 9.59 Å². The van der Waals surface area contributed by atoms with E-state index in [1.54, 1.807) is 0 Å². The molecule has 2 fully saturated rings. The van der Waals surface area contributed by atoms with E-state index in [2.05, 4.69) is 112 Å². The number of imidazole rings is 2. The summed E-state index contributed by atoms with van der Waals surface area (Å²) in [6.45, 7) is 12.7. The number of carbonyl (C=O) groups is 2. The molecule has 2 amide bonds. The topological polar surface area (TPSA) is 98.0 Å². The maximum absolute atomic E-state index is 13.1. The van der Waals surface area contributed by atoms with Crippen molar-refractivity contribution in [2.24, 2.45) is 11.8 Å². The fourth-order valence-corrected chi connectivity index (χ4v) is 7.98. The molecule has 7 rings (SSSR count). The second-order valence-electron chi connectivity index (χ2n) is 15.4. The highest BCUT2D eigenvalue weighted by Crippen LogP contribution is 2.38. The molecule has 0 unspecified atom stereocenters. The molecule has 8 heteroatoms. The predicted octanol–water partition coefficient (Wildman–Crippen LogP) is 9.48. The largest absolute Gasteiger partial charge is 0.346 e. The lowest BCUT2D eigenvalue weighted by atomic mass is 9.98. The Bertz CT molecular complexity index is 1990. The van der Waals surface area contributed by atoms with Gasteiger partial charge in [-0.15, -0.1) is 0 Å². The maximum Gasteiger partial charge on any atom is 0.223 e. The standard InChI is InChI=1S/C42H50N6O2/c1-25(2)19-39(49)47-27(5)7-17-37(47)41-43-23-35(45-41)30-11-9-29(10-12-30)31-13-14-33-22-34(16-15-32(33)21-31)36-24-44-42(46-36)38-18-8-28(6)48(38)40(50)20-26(3)4/h9-16,21-28,37-38H,7-8,17-20H2,1-6H3,(H,43,45)(H,44,46)/t27-,28-,37+,38+/m1/s1. The van der Waals surface area contributed by atoms with Crippen LogP contribution in [-0.4, -0.2) is 53.6 Å². The predicted molar refractivity (Wildman–Crippen MR) is 200 cm³/mol. The van der Waals surface area contributed by atoms with Gasteiger partial charge in [-0.25, -0.2) is 9.97 Å². The van der Waals surface area contributed by atoms with Gasteiger partial charge in [0.2, 0.25) is 11.8 Å². The van der Waals surface area contributed by atoms with Gasteiger partial charge in [0.1, 0.15) is 11.6 Å². The van der Waals surface area contributed by atoms with E-state index >= 15 is 0 Å². The molecule has 2 aromatic heterocycles. The minimum atomic E-state index is 0.00110. The van der Waals surface area contributed by atoms with Crippen LogP contribution >= 0.6 is 0 Å². The van der Waals surface area contributed by atoms with Gasteiger partial charge < -0.3 is 19.8 Å². The summed E-state index contributed by atoms with van der Waals surface area (Å²) in [5, 5.41) is 2.32. The summed E-state index contributed by atoms with van der Waals surface area (Å²) in [4.78, 5) is 46.9. The number of benzene rings is 3. The van der Waals surface area contributed by atoms with Gasteiger partial charge in [-0.1, -0.05) is 76.2 Å². The van der Waals surface area contributed by atoms with Crippen molar-refractivity contribution in [3.63, 3.8) is 0 Å². The summed E-state index contributed by atoms with van der Waals surface area (Å²) in [7, 11) is 0. The lowest BCUT2D eigenvalue weighted by Crippen LogP contribution is -2.36. The molecule has 2 aliphatic rings. The van der Waals surface area contributed by atoms with Crippen molar-refractivity contribution >= 4 is 22.6 Å². The first-order chi connectivity index (χ1) is 24.0. The van der Waals surface area contributed by atoms with Gasteiger partial charge in [0.05, 0.1) is 23.5 Å². The molecule has 4 atom stereocenters. The quantitative estimate of drug-likeness (QED) is 0.163. The summed E-state index contributed by atoms with van der Waals surface area (Å²) < 4.78 is 0. The minimum Gasteiger partial charge on any atom is -0.346 e. The zero-order valence-corrected chi connectivity index (χ0v) is 30.2. The third-order valence-electron chi connectivity index (χ3n) is 10.6.